The second-order valence-corrected chi connectivity index (χ2v) is 6.46. The molecule has 21 heavy (non-hydrogen) atoms. The van der Waals surface area contributed by atoms with Gasteiger partial charge in [0, 0.05) is 4.47 Å². The molecule has 1 aromatic rings. The number of hydrogen-bond acceptors (Lipinski definition) is 2. The Hall–Kier alpha value is -1.41. The van der Waals surface area contributed by atoms with Crippen LogP contribution < -0.4 is 5.32 Å². The predicted molar refractivity (Wildman–Crippen MR) is 82.2 cm³/mol. The van der Waals surface area contributed by atoms with E-state index in [0.29, 0.717) is 17.3 Å². The number of nitriles is 1. The Morgan fingerprint density at radius 3 is 2.43 bits per heavy atom. The largest absolute Gasteiger partial charge is 0.334 e. The Kier molecular flexibility index (Phi) is 5.35. The molecule has 0 atom stereocenters. The molecule has 0 unspecified atom stereocenters. The predicted octanol–water partition coefficient (Wildman–Crippen LogP) is 4.32. The van der Waals surface area contributed by atoms with E-state index in [1.165, 1.54) is 18.6 Å². The van der Waals surface area contributed by atoms with Crippen LogP contribution in [0, 0.1) is 17.1 Å². The minimum absolute atomic E-state index is 0.0186. The van der Waals surface area contributed by atoms with Crippen LogP contribution in [0.1, 0.15) is 55.3 Å². The van der Waals surface area contributed by atoms with E-state index in [-0.39, 0.29) is 5.56 Å². The highest BCUT2D eigenvalue weighted by Gasteiger charge is 2.32. The molecule has 1 aliphatic carbocycles. The molecular weight excluding hydrogens is 335 g/mol. The second kappa shape index (κ2) is 7.04. The molecule has 0 aliphatic heterocycles. The molecule has 3 nitrogen and oxygen atoms in total. The first-order chi connectivity index (χ1) is 10.1. The first-order valence-electron chi connectivity index (χ1n) is 7.25. The van der Waals surface area contributed by atoms with Gasteiger partial charge in [0.15, 0.2) is 0 Å². The molecule has 0 bridgehead atoms. The van der Waals surface area contributed by atoms with E-state index in [0.717, 1.165) is 25.7 Å². The number of halogens is 2. The molecule has 0 spiro atoms. The summed E-state index contributed by atoms with van der Waals surface area (Å²) in [6.45, 7) is 0. The van der Waals surface area contributed by atoms with E-state index in [1.807, 2.05) is 0 Å². The lowest BCUT2D eigenvalue weighted by molar-refractivity contribution is 0.0903. The monoisotopic (exact) mass is 352 g/mol. The number of rotatable bonds is 2. The standard InChI is InChI=1S/C16H18BrFN2O/c17-12-6-7-13(14(18)10-12)15(21)20-16(11-19)8-4-2-1-3-5-9-16/h6-7,10H,1-5,8-9H2,(H,20,21). The zero-order chi connectivity index (χ0) is 15.3. The molecule has 1 saturated carbocycles. The van der Waals surface area contributed by atoms with Crippen LogP contribution in [0.2, 0.25) is 0 Å². The van der Waals surface area contributed by atoms with Gasteiger partial charge in [0.25, 0.3) is 5.91 Å². The highest BCUT2D eigenvalue weighted by Crippen LogP contribution is 2.26. The fourth-order valence-electron chi connectivity index (χ4n) is 2.73. The van der Waals surface area contributed by atoms with E-state index < -0.39 is 17.3 Å². The summed E-state index contributed by atoms with van der Waals surface area (Å²) in [5.74, 6) is -1.09. The first-order valence-corrected chi connectivity index (χ1v) is 8.04. The molecule has 1 fully saturated rings. The maximum atomic E-state index is 13.9. The zero-order valence-corrected chi connectivity index (χ0v) is 13.4. The van der Waals surface area contributed by atoms with Crippen molar-refractivity contribution in [3.05, 3.63) is 34.1 Å². The van der Waals surface area contributed by atoms with E-state index in [1.54, 1.807) is 6.07 Å². The number of hydrogen-bond donors (Lipinski definition) is 1. The van der Waals surface area contributed by atoms with Crippen LogP contribution in [0.15, 0.2) is 22.7 Å². The number of carbonyl (C=O) groups is 1. The molecule has 1 amide bonds. The summed E-state index contributed by atoms with van der Waals surface area (Å²) in [4.78, 5) is 12.3. The quantitative estimate of drug-likeness (QED) is 0.861. The Morgan fingerprint density at radius 1 is 1.24 bits per heavy atom. The van der Waals surface area contributed by atoms with Gasteiger partial charge >= 0.3 is 0 Å². The Bertz CT molecular complexity index is 560. The van der Waals surface area contributed by atoms with Crippen molar-refractivity contribution >= 4 is 21.8 Å². The molecule has 1 aliphatic rings. The molecular formula is C16H18BrFN2O. The lowest BCUT2D eigenvalue weighted by atomic mass is 9.85. The molecule has 0 aromatic heterocycles. The maximum absolute atomic E-state index is 13.9. The Balaban J connectivity index is 2.16. The lowest BCUT2D eigenvalue weighted by Gasteiger charge is -2.29. The first kappa shape index (κ1) is 16.0. The highest BCUT2D eigenvalue weighted by atomic mass is 79.9. The van der Waals surface area contributed by atoms with Crippen molar-refractivity contribution in [3.8, 4) is 6.07 Å². The normalized spacial score (nSPS) is 18.1. The molecule has 0 radical (unpaired) electrons. The van der Waals surface area contributed by atoms with Gasteiger partial charge in [0.2, 0.25) is 0 Å². The number of benzene rings is 1. The van der Waals surface area contributed by atoms with Crippen LogP contribution in [0.25, 0.3) is 0 Å². The van der Waals surface area contributed by atoms with Gasteiger partial charge < -0.3 is 5.32 Å². The molecule has 0 saturated heterocycles. The third kappa shape index (κ3) is 4.04. The maximum Gasteiger partial charge on any atom is 0.255 e. The van der Waals surface area contributed by atoms with Crippen molar-refractivity contribution < 1.29 is 9.18 Å². The Labute approximate surface area is 132 Å². The van der Waals surface area contributed by atoms with Crippen molar-refractivity contribution in [1.82, 2.24) is 5.32 Å². The number of carbonyl (C=O) groups excluding carboxylic acids is 1. The second-order valence-electron chi connectivity index (χ2n) is 5.54. The number of amides is 1. The van der Waals surface area contributed by atoms with Crippen LogP contribution in [0.3, 0.4) is 0 Å². The van der Waals surface area contributed by atoms with E-state index in [9.17, 15) is 14.4 Å². The highest BCUT2D eigenvalue weighted by molar-refractivity contribution is 9.10. The summed E-state index contributed by atoms with van der Waals surface area (Å²) in [6, 6.07) is 6.56. The van der Waals surface area contributed by atoms with Crippen LogP contribution in [-0.4, -0.2) is 11.4 Å². The third-order valence-electron chi connectivity index (χ3n) is 3.95. The van der Waals surface area contributed by atoms with E-state index in [2.05, 4.69) is 27.3 Å². The molecule has 1 aromatic carbocycles. The lowest BCUT2D eigenvalue weighted by Crippen LogP contribution is -2.48. The average Bonchev–Trinajstić information content (AvgIpc) is 2.42. The smallest absolute Gasteiger partial charge is 0.255 e. The van der Waals surface area contributed by atoms with Crippen LogP contribution in [-0.2, 0) is 0 Å². The third-order valence-corrected chi connectivity index (χ3v) is 4.44. The summed E-state index contributed by atoms with van der Waals surface area (Å²) >= 11 is 3.16. The summed E-state index contributed by atoms with van der Waals surface area (Å²) < 4.78 is 14.4. The van der Waals surface area contributed by atoms with E-state index in [4.69, 9.17) is 0 Å². The van der Waals surface area contributed by atoms with Gasteiger partial charge in [-0.05, 0) is 31.0 Å². The van der Waals surface area contributed by atoms with Gasteiger partial charge in [0.1, 0.15) is 11.4 Å². The summed E-state index contributed by atoms with van der Waals surface area (Å²) in [6.07, 6.45) is 6.42. The van der Waals surface area contributed by atoms with Gasteiger partial charge in [-0.2, -0.15) is 5.26 Å². The van der Waals surface area contributed by atoms with Gasteiger partial charge in [0.05, 0.1) is 11.6 Å². The topological polar surface area (TPSA) is 52.9 Å². The summed E-state index contributed by atoms with van der Waals surface area (Å²) in [5, 5.41) is 12.3. The molecule has 5 heteroatoms. The van der Waals surface area contributed by atoms with Gasteiger partial charge in [-0.1, -0.05) is 48.0 Å². The van der Waals surface area contributed by atoms with Crippen molar-refractivity contribution in [2.24, 2.45) is 0 Å². The van der Waals surface area contributed by atoms with Crippen LogP contribution in [0.4, 0.5) is 4.39 Å². The van der Waals surface area contributed by atoms with Gasteiger partial charge in [-0.3, -0.25) is 4.79 Å². The number of nitrogens with one attached hydrogen (secondary N) is 1. The van der Waals surface area contributed by atoms with Crippen LogP contribution in [0.5, 0.6) is 0 Å². The minimum atomic E-state index is -0.864. The SMILES string of the molecule is N#CC1(NC(=O)c2ccc(Br)cc2F)CCCCCCC1. The summed E-state index contributed by atoms with van der Waals surface area (Å²) in [5.41, 5.74) is -0.883. The molecule has 0 heterocycles. The van der Waals surface area contributed by atoms with E-state index >= 15 is 0 Å². The van der Waals surface area contributed by atoms with Gasteiger partial charge in [-0.25, -0.2) is 4.39 Å². The molecule has 112 valence electrons. The fraction of sp³-hybridized carbons (Fsp3) is 0.500. The fourth-order valence-corrected chi connectivity index (χ4v) is 3.07. The Morgan fingerprint density at radius 2 is 1.86 bits per heavy atom. The zero-order valence-electron chi connectivity index (χ0n) is 11.8. The van der Waals surface area contributed by atoms with Crippen molar-refractivity contribution in [3.63, 3.8) is 0 Å². The van der Waals surface area contributed by atoms with Crippen LogP contribution >= 0.6 is 15.9 Å². The molecule has 1 N–H and O–H groups in total. The summed E-state index contributed by atoms with van der Waals surface area (Å²) in [7, 11) is 0. The average molecular weight is 353 g/mol. The minimum Gasteiger partial charge on any atom is -0.334 e. The van der Waals surface area contributed by atoms with Gasteiger partial charge in [-0.15, -0.1) is 0 Å². The van der Waals surface area contributed by atoms with Crippen molar-refractivity contribution in [2.75, 3.05) is 0 Å². The molecule has 2 rings (SSSR count). The van der Waals surface area contributed by atoms with Crippen molar-refractivity contribution in [2.45, 2.75) is 50.5 Å². The number of nitrogens with zero attached hydrogens (tertiary/aromatic N) is 1. The van der Waals surface area contributed by atoms with Crippen molar-refractivity contribution in [1.29, 1.82) is 5.26 Å².